The fourth-order valence-corrected chi connectivity index (χ4v) is 3.40. The number of aromatic nitrogens is 1. The standard InChI is InChI=1S/C21H24N4O5/c1-2-30-21(27)16-11-15(12-19(13-16)25(28)29)20(26)23-17-6-9-24(10-7-17)14-18-5-3-4-8-22-18/h3-5,8,11-13,17H,2,6-7,9-10,14H2,1H3,(H,23,26). The molecule has 9 nitrogen and oxygen atoms in total. The molecule has 0 spiro atoms. The fourth-order valence-electron chi connectivity index (χ4n) is 3.40. The van der Waals surface area contributed by atoms with Gasteiger partial charge in [0.2, 0.25) is 0 Å². The molecule has 9 heteroatoms. The van der Waals surface area contributed by atoms with Gasteiger partial charge in [-0.25, -0.2) is 4.79 Å². The van der Waals surface area contributed by atoms with Crippen LogP contribution in [-0.4, -0.2) is 52.4 Å². The van der Waals surface area contributed by atoms with Crippen LogP contribution in [0.3, 0.4) is 0 Å². The highest BCUT2D eigenvalue weighted by molar-refractivity contribution is 5.99. The summed E-state index contributed by atoms with van der Waals surface area (Å²) in [4.78, 5) is 41.8. The lowest BCUT2D eigenvalue weighted by molar-refractivity contribution is -0.384. The number of carbonyl (C=O) groups is 2. The zero-order valence-corrected chi connectivity index (χ0v) is 16.7. The maximum atomic E-state index is 12.7. The van der Waals surface area contributed by atoms with Gasteiger partial charge in [0, 0.05) is 49.6 Å². The van der Waals surface area contributed by atoms with Crippen molar-refractivity contribution < 1.29 is 19.2 Å². The monoisotopic (exact) mass is 412 g/mol. The van der Waals surface area contributed by atoms with Crippen molar-refractivity contribution in [1.29, 1.82) is 0 Å². The summed E-state index contributed by atoms with van der Waals surface area (Å²) in [6.45, 7) is 4.16. The molecular formula is C21H24N4O5. The van der Waals surface area contributed by atoms with E-state index < -0.39 is 16.8 Å². The smallest absolute Gasteiger partial charge is 0.338 e. The zero-order chi connectivity index (χ0) is 21.5. The highest BCUT2D eigenvalue weighted by Gasteiger charge is 2.23. The Labute approximate surface area is 174 Å². The Hall–Kier alpha value is -3.33. The van der Waals surface area contributed by atoms with Gasteiger partial charge in [-0.05, 0) is 38.0 Å². The van der Waals surface area contributed by atoms with Crippen LogP contribution >= 0.6 is 0 Å². The molecule has 1 N–H and O–H groups in total. The fraction of sp³-hybridized carbons (Fsp3) is 0.381. The van der Waals surface area contributed by atoms with Gasteiger partial charge in [0.15, 0.2) is 0 Å². The van der Waals surface area contributed by atoms with Crippen molar-refractivity contribution in [2.45, 2.75) is 32.4 Å². The molecule has 1 saturated heterocycles. The summed E-state index contributed by atoms with van der Waals surface area (Å²) >= 11 is 0. The SMILES string of the molecule is CCOC(=O)c1cc(C(=O)NC2CCN(Cc3ccccn3)CC2)cc([N+](=O)[O-])c1. The van der Waals surface area contributed by atoms with Crippen molar-refractivity contribution in [3.05, 3.63) is 69.5 Å². The molecule has 0 atom stereocenters. The molecule has 0 unspecified atom stereocenters. The van der Waals surface area contributed by atoms with Gasteiger partial charge < -0.3 is 10.1 Å². The molecule has 1 fully saturated rings. The van der Waals surface area contributed by atoms with Gasteiger partial charge >= 0.3 is 5.97 Å². The number of nitro benzene ring substituents is 1. The predicted molar refractivity (Wildman–Crippen MR) is 109 cm³/mol. The molecule has 2 aromatic rings. The second-order valence-corrected chi connectivity index (χ2v) is 7.09. The number of hydrogen-bond donors (Lipinski definition) is 1. The van der Waals surface area contributed by atoms with Gasteiger partial charge in [0.05, 0.1) is 22.8 Å². The summed E-state index contributed by atoms with van der Waals surface area (Å²) in [5.41, 5.74) is 0.739. The average Bonchev–Trinajstić information content (AvgIpc) is 2.75. The topological polar surface area (TPSA) is 115 Å². The maximum absolute atomic E-state index is 12.7. The first-order chi connectivity index (χ1) is 14.5. The Balaban J connectivity index is 1.62. The largest absolute Gasteiger partial charge is 0.462 e. The summed E-state index contributed by atoms with van der Waals surface area (Å²) in [6, 6.07) is 9.40. The van der Waals surface area contributed by atoms with Crippen LogP contribution in [0.15, 0.2) is 42.6 Å². The summed E-state index contributed by atoms with van der Waals surface area (Å²) in [7, 11) is 0. The molecule has 30 heavy (non-hydrogen) atoms. The molecule has 1 aliphatic heterocycles. The third-order valence-corrected chi connectivity index (χ3v) is 4.94. The third kappa shape index (κ3) is 5.60. The summed E-state index contributed by atoms with van der Waals surface area (Å²) in [5.74, 6) is -1.13. The minimum atomic E-state index is -0.696. The number of nitrogens with zero attached hydrogens (tertiary/aromatic N) is 3. The first kappa shape index (κ1) is 21.4. The number of hydrogen-bond acceptors (Lipinski definition) is 7. The van der Waals surface area contributed by atoms with Crippen LogP contribution in [-0.2, 0) is 11.3 Å². The Morgan fingerprint density at radius 1 is 1.23 bits per heavy atom. The Morgan fingerprint density at radius 2 is 1.97 bits per heavy atom. The Kier molecular flexibility index (Phi) is 7.08. The molecule has 1 aromatic heterocycles. The molecule has 0 radical (unpaired) electrons. The minimum Gasteiger partial charge on any atom is -0.462 e. The lowest BCUT2D eigenvalue weighted by Gasteiger charge is -2.32. The molecule has 1 aliphatic rings. The lowest BCUT2D eigenvalue weighted by Crippen LogP contribution is -2.44. The number of amides is 1. The normalized spacial score (nSPS) is 14.8. The second-order valence-electron chi connectivity index (χ2n) is 7.09. The molecule has 158 valence electrons. The Morgan fingerprint density at radius 3 is 2.60 bits per heavy atom. The number of non-ortho nitro benzene ring substituents is 1. The number of pyridine rings is 1. The van der Waals surface area contributed by atoms with Crippen molar-refractivity contribution in [3.63, 3.8) is 0 Å². The van der Waals surface area contributed by atoms with E-state index in [0.717, 1.165) is 44.2 Å². The van der Waals surface area contributed by atoms with Crippen LogP contribution < -0.4 is 5.32 Å². The molecule has 0 aliphatic carbocycles. The van der Waals surface area contributed by atoms with E-state index in [-0.39, 0.29) is 29.5 Å². The van der Waals surface area contributed by atoms with Crippen LogP contribution in [0.25, 0.3) is 0 Å². The van der Waals surface area contributed by atoms with E-state index in [1.54, 1.807) is 13.1 Å². The lowest BCUT2D eigenvalue weighted by atomic mass is 10.0. The molecule has 0 saturated carbocycles. The van der Waals surface area contributed by atoms with E-state index >= 15 is 0 Å². The number of ether oxygens (including phenoxy) is 1. The summed E-state index contributed by atoms with van der Waals surface area (Å²) in [5, 5.41) is 14.1. The van der Waals surface area contributed by atoms with Crippen molar-refractivity contribution in [2.75, 3.05) is 19.7 Å². The number of nitrogens with one attached hydrogen (secondary N) is 1. The van der Waals surface area contributed by atoms with Gasteiger partial charge in [0.1, 0.15) is 0 Å². The van der Waals surface area contributed by atoms with Crippen LogP contribution in [0.4, 0.5) is 5.69 Å². The van der Waals surface area contributed by atoms with E-state index in [9.17, 15) is 19.7 Å². The van der Waals surface area contributed by atoms with Crippen molar-refractivity contribution in [2.24, 2.45) is 0 Å². The number of esters is 1. The molecule has 2 heterocycles. The van der Waals surface area contributed by atoms with Gasteiger partial charge in [-0.15, -0.1) is 0 Å². The molecule has 3 rings (SSSR count). The van der Waals surface area contributed by atoms with Crippen LogP contribution in [0.5, 0.6) is 0 Å². The van der Waals surface area contributed by atoms with Gasteiger partial charge in [-0.2, -0.15) is 0 Å². The molecular weight excluding hydrogens is 388 g/mol. The third-order valence-electron chi connectivity index (χ3n) is 4.94. The summed E-state index contributed by atoms with van der Waals surface area (Å²) in [6.07, 6.45) is 3.29. The number of piperidine rings is 1. The van der Waals surface area contributed by atoms with E-state index in [0.29, 0.717) is 0 Å². The first-order valence-corrected chi connectivity index (χ1v) is 9.86. The zero-order valence-electron chi connectivity index (χ0n) is 16.7. The Bertz CT molecular complexity index is 911. The van der Waals surface area contributed by atoms with E-state index in [1.165, 1.54) is 12.1 Å². The first-order valence-electron chi connectivity index (χ1n) is 9.86. The summed E-state index contributed by atoms with van der Waals surface area (Å²) < 4.78 is 4.90. The van der Waals surface area contributed by atoms with Crippen LogP contribution in [0.1, 0.15) is 46.2 Å². The number of carbonyl (C=O) groups excluding carboxylic acids is 2. The van der Waals surface area contributed by atoms with E-state index in [4.69, 9.17) is 4.74 Å². The number of benzene rings is 1. The van der Waals surface area contributed by atoms with E-state index in [2.05, 4.69) is 15.2 Å². The van der Waals surface area contributed by atoms with Crippen LogP contribution in [0, 0.1) is 10.1 Å². The number of likely N-dealkylation sites (tertiary alicyclic amines) is 1. The van der Waals surface area contributed by atoms with Crippen molar-refractivity contribution >= 4 is 17.6 Å². The van der Waals surface area contributed by atoms with Crippen LogP contribution in [0.2, 0.25) is 0 Å². The van der Waals surface area contributed by atoms with Crippen molar-refractivity contribution in [3.8, 4) is 0 Å². The molecule has 1 amide bonds. The van der Waals surface area contributed by atoms with Gasteiger partial charge in [0.25, 0.3) is 11.6 Å². The van der Waals surface area contributed by atoms with Crippen molar-refractivity contribution in [1.82, 2.24) is 15.2 Å². The number of nitro groups is 1. The minimum absolute atomic E-state index is 0.0126. The van der Waals surface area contributed by atoms with Gasteiger partial charge in [-0.3, -0.25) is 24.8 Å². The second kappa shape index (κ2) is 9.93. The highest BCUT2D eigenvalue weighted by atomic mass is 16.6. The molecule has 1 aromatic carbocycles. The quantitative estimate of drug-likeness (QED) is 0.422. The maximum Gasteiger partial charge on any atom is 0.338 e. The molecule has 0 bridgehead atoms. The predicted octanol–water partition coefficient (Wildman–Crippen LogP) is 2.56. The highest BCUT2D eigenvalue weighted by Crippen LogP contribution is 2.19. The average molecular weight is 412 g/mol. The number of rotatable bonds is 7. The van der Waals surface area contributed by atoms with E-state index in [1.807, 2.05) is 18.2 Å². The van der Waals surface area contributed by atoms with Gasteiger partial charge in [-0.1, -0.05) is 6.07 Å².